The van der Waals surface area contributed by atoms with Crippen molar-refractivity contribution in [3.8, 4) is 5.75 Å². The van der Waals surface area contributed by atoms with Crippen LogP contribution in [0, 0.1) is 6.92 Å². The first-order valence-corrected chi connectivity index (χ1v) is 6.25. The van der Waals surface area contributed by atoms with Gasteiger partial charge in [-0.3, -0.25) is 0 Å². The van der Waals surface area contributed by atoms with E-state index < -0.39 is 0 Å². The second-order valence-corrected chi connectivity index (χ2v) is 4.43. The van der Waals surface area contributed by atoms with Crippen LogP contribution >= 0.6 is 0 Å². The molecule has 0 atom stereocenters. The van der Waals surface area contributed by atoms with Gasteiger partial charge in [0.2, 0.25) is 0 Å². The molecule has 0 amide bonds. The van der Waals surface area contributed by atoms with E-state index in [-0.39, 0.29) is 0 Å². The Labute approximate surface area is 108 Å². The first-order valence-electron chi connectivity index (χ1n) is 6.25. The van der Waals surface area contributed by atoms with Gasteiger partial charge in [0.1, 0.15) is 5.75 Å². The minimum absolute atomic E-state index is 0.597. The number of rotatable bonds is 5. The molecule has 0 bridgehead atoms. The fraction of sp³-hybridized carbons (Fsp3) is 0.250. The van der Waals surface area contributed by atoms with Crippen LogP contribution in [0.25, 0.3) is 0 Å². The van der Waals surface area contributed by atoms with Gasteiger partial charge >= 0.3 is 0 Å². The molecule has 2 heteroatoms. The van der Waals surface area contributed by atoms with Crippen molar-refractivity contribution in [1.29, 1.82) is 0 Å². The Morgan fingerprint density at radius 2 is 1.50 bits per heavy atom. The number of ether oxygens (including phenoxy) is 1. The third-order valence-electron chi connectivity index (χ3n) is 2.94. The average Bonchev–Trinajstić information content (AvgIpc) is 2.42. The molecule has 0 saturated carbocycles. The van der Waals surface area contributed by atoms with Gasteiger partial charge in [-0.2, -0.15) is 0 Å². The topological polar surface area (TPSA) is 35.2 Å². The Balaban J connectivity index is 1.82. The van der Waals surface area contributed by atoms with Crippen LogP contribution in [0.15, 0.2) is 48.5 Å². The number of hydrogen-bond donors (Lipinski definition) is 1. The molecule has 18 heavy (non-hydrogen) atoms. The summed E-state index contributed by atoms with van der Waals surface area (Å²) in [6.07, 6.45) is 0.915. The third-order valence-corrected chi connectivity index (χ3v) is 2.94. The second-order valence-electron chi connectivity index (χ2n) is 4.43. The Bertz CT molecular complexity index is 473. The van der Waals surface area contributed by atoms with Crippen LogP contribution in [-0.4, -0.2) is 6.61 Å². The SMILES string of the molecule is Cc1ccc(OCCc2ccc(CN)cc2)cc1. The molecule has 0 fully saturated rings. The lowest BCUT2D eigenvalue weighted by Crippen LogP contribution is -2.02. The van der Waals surface area contributed by atoms with E-state index in [1.807, 2.05) is 12.1 Å². The van der Waals surface area contributed by atoms with Crippen molar-refractivity contribution in [1.82, 2.24) is 0 Å². The first kappa shape index (κ1) is 12.7. The highest BCUT2D eigenvalue weighted by Crippen LogP contribution is 2.12. The molecular formula is C16H19NO. The normalized spacial score (nSPS) is 10.3. The number of benzene rings is 2. The predicted octanol–water partition coefficient (Wildman–Crippen LogP) is 3.08. The molecule has 0 aromatic heterocycles. The molecule has 94 valence electrons. The van der Waals surface area contributed by atoms with Gasteiger partial charge in [-0.05, 0) is 30.2 Å². The zero-order valence-electron chi connectivity index (χ0n) is 10.7. The molecule has 0 aliphatic heterocycles. The summed E-state index contributed by atoms with van der Waals surface area (Å²) in [5.74, 6) is 0.930. The summed E-state index contributed by atoms with van der Waals surface area (Å²) in [6, 6.07) is 16.5. The molecule has 0 aliphatic carbocycles. The van der Waals surface area contributed by atoms with Crippen molar-refractivity contribution in [2.75, 3.05) is 6.61 Å². The molecule has 2 nitrogen and oxygen atoms in total. The van der Waals surface area contributed by atoms with Crippen LogP contribution in [0.2, 0.25) is 0 Å². The number of nitrogens with two attached hydrogens (primary N) is 1. The summed E-state index contributed by atoms with van der Waals surface area (Å²) in [4.78, 5) is 0. The van der Waals surface area contributed by atoms with E-state index in [1.54, 1.807) is 0 Å². The summed E-state index contributed by atoms with van der Waals surface area (Å²) in [5.41, 5.74) is 9.26. The highest BCUT2D eigenvalue weighted by atomic mass is 16.5. The van der Waals surface area contributed by atoms with E-state index >= 15 is 0 Å². The van der Waals surface area contributed by atoms with E-state index in [1.165, 1.54) is 16.7 Å². The summed E-state index contributed by atoms with van der Waals surface area (Å²) in [7, 11) is 0. The smallest absolute Gasteiger partial charge is 0.119 e. The maximum atomic E-state index is 5.70. The molecule has 2 rings (SSSR count). The van der Waals surface area contributed by atoms with Crippen LogP contribution in [0.4, 0.5) is 0 Å². The molecule has 0 radical (unpaired) electrons. The van der Waals surface area contributed by atoms with Gasteiger partial charge in [-0.15, -0.1) is 0 Å². The van der Waals surface area contributed by atoms with Gasteiger partial charge < -0.3 is 10.5 Å². The van der Waals surface area contributed by atoms with Crippen LogP contribution in [-0.2, 0) is 13.0 Å². The summed E-state index contributed by atoms with van der Waals surface area (Å²) < 4.78 is 5.70. The first-order chi connectivity index (χ1) is 8.78. The van der Waals surface area contributed by atoms with Gasteiger partial charge in [0.25, 0.3) is 0 Å². The monoisotopic (exact) mass is 241 g/mol. The van der Waals surface area contributed by atoms with Crippen molar-refractivity contribution < 1.29 is 4.74 Å². The van der Waals surface area contributed by atoms with E-state index in [0.29, 0.717) is 13.2 Å². The molecule has 0 heterocycles. The molecule has 0 spiro atoms. The van der Waals surface area contributed by atoms with E-state index in [0.717, 1.165) is 12.2 Å². The van der Waals surface area contributed by atoms with Crippen LogP contribution in [0.3, 0.4) is 0 Å². The summed E-state index contributed by atoms with van der Waals surface area (Å²) in [6.45, 7) is 3.37. The predicted molar refractivity (Wildman–Crippen MR) is 74.7 cm³/mol. The van der Waals surface area contributed by atoms with Crippen molar-refractivity contribution in [3.05, 3.63) is 65.2 Å². The third kappa shape index (κ3) is 3.60. The van der Waals surface area contributed by atoms with Crippen LogP contribution in [0.5, 0.6) is 5.75 Å². The quantitative estimate of drug-likeness (QED) is 0.873. The minimum atomic E-state index is 0.597. The maximum absolute atomic E-state index is 5.70. The Hall–Kier alpha value is -1.80. The Morgan fingerprint density at radius 1 is 0.889 bits per heavy atom. The van der Waals surface area contributed by atoms with Crippen molar-refractivity contribution in [2.45, 2.75) is 19.9 Å². The number of aryl methyl sites for hydroxylation is 1. The van der Waals surface area contributed by atoms with Gasteiger partial charge in [0, 0.05) is 13.0 Å². The second kappa shape index (κ2) is 6.22. The largest absolute Gasteiger partial charge is 0.493 e. The molecule has 0 saturated heterocycles. The van der Waals surface area contributed by atoms with Crippen molar-refractivity contribution in [3.63, 3.8) is 0 Å². The lowest BCUT2D eigenvalue weighted by molar-refractivity contribution is 0.322. The van der Waals surface area contributed by atoms with E-state index in [2.05, 4.69) is 43.3 Å². The standard InChI is InChI=1S/C16H19NO/c1-13-2-8-16(9-3-13)18-11-10-14-4-6-15(12-17)7-5-14/h2-9H,10-12,17H2,1H3. The zero-order valence-corrected chi connectivity index (χ0v) is 10.7. The fourth-order valence-electron chi connectivity index (χ4n) is 1.76. The molecule has 0 aliphatic rings. The van der Waals surface area contributed by atoms with Crippen LogP contribution in [0.1, 0.15) is 16.7 Å². The zero-order chi connectivity index (χ0) is 12.8. The van der Waals surface area contributed by atoms with E-state index in [9.17, 15) is 0 Å². The summed E-state index contributed by atoms with van der Waals surface area (Å²) >= 11 is 0. The lowest BCUT2D eigenvalue weighted by Gasteiger charge is -2.07. The molecule has 2 aromatic rings. The Kier molecular flexibility index (Phi) is 4.37. The van der Waals surface area contributed by atoms with Gasteiger partial charge in [-0.25, -0.2) is 0 Å². The molecular weight excluding hydrogens is 222 g/mol. The molecule has 2 aromatic carbocycles. The van der Waals surface area contributed by atoms with Crippen molar-refractivity contribution >= 4 is 0 Å². The highest BCUT2D eigenvalue weighted by Gasteiger charge is 1.96. The van der Waals surface area contributed by atoms with Crippen LogP contribution < -0.4 is 10.5 Å². The average molecular weight is 241 g/mol. The fourth-order valence-corrected chi connectivity index (χ4v) is 1.76. The summed E-state index contributed by atoms with van der Waals surface area (Å²) in [5, 5.41) is 0. The van der Waals surface area contributed by atoms with Gasteiger partial charge in [0.05, 0.1) is 6.61 Å². The number of hydrogen-bond acceptors (Lipinski definition) is 2. The maximum Gasteiger partial charge on any atom is 0.119 e. The van der Waals surface area contributed by atoms with Gasteiger partial charge in [-0.1, -0.05) is 42.0 Å². The highest BCUT2D eigenvalue weighted by molar-refractivity contribution is 5.26. The Morgan fingerprint density at radius 3 is 2.11 bits per heavy atom. The van der Waals surface area contributed by atoms with Crippen molar-refractivity contribution in [2.24, 2.45) is 5.73 Å². The lowest BCUT2D eigenvalue weighted by atomic mass is 10.1. The van der Waals surface area contributed by atoms with Gasteiger partial charge in [0.15, 0.2) is 0 Å². The molecule has 2 N–H and O–H groups in total. The van der Waals surface area contributed by atoms with E-state index in [4.69, 9.17) is 10.5 Å². The molecule has 0 unspecified atom stereocenters. The minimum Gasteiger partial charge on any atom is -0.493 e.